The van der Waals surface area contributed by atoms with Crippen LogP contribution in [-0.4, -0.2) is 48.0 Å². The Bertz CT molecular complexity index is 433. The predicted octanol–water partition coefficient (Wildman–Crippen LogP) is -1.02. The zero-order chi connectivity index (χ0) is 16.1. The molecule has 22 heavy (non-hydrogen) atoms. The lowest BCUT2D eigenvalue weighted by molar-refractivity contribution is -0.929. The van der Waals surface area contributed by atoms with Gasteiger partial charge in [0, 0.05) is 12.3 Å². The van der Waals surface area contributed by atoms with Crippen molar-refractivity contribution in [3.63, 3.8) is 0 Å². The van der Waals surface area contributed by atoms with E-state index in [-0.39, 0.29) is 18.8 Å². The SMILES string of the molecule is CC1CC2CCC3C[C@@H](C(C)(C)O)OC3C2C[NH+]1CC(=O)[O-]. The van der Waals surface area contributed by atoms with Gasteiger partial charge in [-0.15, -0.1) is 0 Å². The molecule has 2 N–H and O–H groups in total. The van der Waals surface area contributed by atoms with Crippen LogP contribution in [0.15, 0.2) is 0 Å². The molecule has 3 aliphatic rings. The zero-order valence-electron chi connectivity index (χ0n) is 13.9. The average Bonchev–Trinajstić information content (AvgIpc) is 2.83. The Morgan fingerprint density at radius 2 is 2.00 bits per heavy atom. The van der Waals surface area contributed by atoms with E-state index in [0.717, 1.165) is 24.3 Å². The van der Waals surface area contributed by atoms with Gasteiger partial charge in [-0.05, 0) is 51.9 Å². The van der Waals surface area contributed by atoms with Crippen molar-refractivity contribution in [1.29, 1.82) is 0 Å². The van der Waals surface area contributed by atoms with Gasteiger partial charge < -0.3 is 24.6 Å². The standard InChI is InChI=1S/C17H29NO4/c1-10-6-11-4-5-12-7-14(17(2,3)21)22-16(12)13(11)8-18(10)9-15(19)20/h10-14,16,21H,4-9H2,1-3H3,(H,19,20)/t10?,11?,12?,13?,14-,16?/m0/s1. The third-order valence-electron chi connectivity index (χ3n) is 6.25. The minimum absolute atomic E-state index is 0.0924. The first-order valence-electron chi connectivity index (χ1n) is 8.68. The number of hydrogen-bond donors (Lipinski definition) is 2. The smallest absolute Gasteiger partial charge is 0.118 e. The molecule has 1 aliphatic carbocycles. The van der Waals surface area contributed by atoms with Crippen molar-refractivity contribution in [3.8, 4) is 0 Å². The molecule has 2 heterocycles. The van der Waals surface area contributed by atoms with E-state index in [1.165, 1.54) is 12.8 Å². The molecule has 6 unspecified atom stereocenters. The molecule has 1 saturated carbocycles. The summed E-state index contributed by atoms with van der Waals surface area (Å²) in [6.07, 6.45) is 4.51. The van der Waals surface area contributed by atoms with Crippen molar-refractivity contribution in [1.82, 2.24) is 0 Å². The molecule has 0 aromatic rings. The van der Waals surface area contributed by atoms with Gasteiger partial charge in [-0.3, -0.25) is 0 Å². The fourth-order valence-electron chi connectivity index (χ4n) is 5.00. The Hall–Kier alpha value is -0.650. The van der Waals surface area contributed by atoms with E-state index in [1.807, 2.05) is 13.8 Å². The van der Waals surface area contributed by atoms with E-state index >= 15 is 0 Å². The number of carboxylic acid groups (broad SMARTS) is 1. The number of nitrogens with one attached hydrogen (secondary N) is 1. The summed E-state index contributed by atoms with van der Waals surface area (Å²) in [5.74, 6) is 0.628. The van der Waals surface area contributed by atoms with Crippen LogP contribution < -0.4 is 10.0 Å². The van der Waals surface area contributed by atoms with Crippen molar-refractivity contribution < 1.29 is 24.6 Å². The molecular weight excluding hydrogens is 282 g/mol. The number of ether oxygens (including phenoxy) is 1. The van der Waals surface area contributed by atoms with E-state index in [9.17, 15) is 15.0 Å². The molecule has 7 atom stereocenters. The van der Waals surface area contributed by atoms with Gasteiger partial charge in [-0.2, -0.15) is 0 Å². The highest BCUT2D eigenvalue weighted by molar-refractivity contribution is 5.65. The summed E-state index contributed by atoms with van der Waals surface area (Å²) >= 11 is 0. The maximum absolute atomic E-state index is 11.0. The first kappa shape index (κ1) is 16.2. The molecule has 0 aromatic carbocycles. The summed E-state index contributed by atoms with van der Waals surface area (Å²) in [5.41, 5.74) is -0.799. The topological polar surface area (TPSA) is 74.0 Å². The number of piperidine rings is 1. The van der Waals surface area contributed by atoms with Crippen LogP contribution in [0.3, 0.4) is 0 Å². The number of rotatable bonds is 3. The number of quaternary nitrogens is 1. The van der Waals surface area contributed by atoms with Gasteiger partial charge in [0.25, 0.3) is 0 Å². The average molecular weight is 311 g/mol. The van der Waals surface area contributed by atoms with Gasteiger partial charge in [-0.1, -0.05) is 0 Å². The molecule has 126 valence electrons. The summed E-state index contributed by atoms with van der Waals surface area (Å²) in [5, 5.41) is 21.2. The number of hydrogen-bond acceptors (Lipinski definition) is 4. The highest BCUT2D eigenvalue weighted by Crippen LogP contribution is 2.46. The number of carbonyl (C=O) groups is 1. The normalized spacial score (nSPS) is 45.2. The second kappa shape index (κ2) is 5.77. The van der Waals surface area contributed by atoms with E-state index in [0.29, 0.717) is 23.8 Å². The monoisotopic (exact) mass is 311 g/mol. The summed E-state index contributed by atoms with van der Waals surface area (Å²) in [6.45, 7) is 6.75. The predicted molar refractivity (Wildman–Crippen MR) is 79.1 cm³/mol. The first-order chi connectivity index (χ1) is 10.3. The number of carbonyl (C=O) groups excluding carboxylic acids is 1. The zero-order valence-corrected chi connectivity index (χ0v) is 13.9. The van der Waals surface area contributed by atoms with Crippen LogP contribution in [0.5, 0.6) is 0 Å². The Labute approximate surface area is 132 Å². The summed E-state index contributed by atoms with van der Waals surface area (Å²) in [7, 11) is 0. The molecule has 2 saturated heterocycles. The van der Waals surface area contributed by atoms with Gasteiger partial charge in [0.05, 0.1) is 36.4 Å². The van der Waals surface area contributed by atoms with Crippen molar-refractivity contribution in [2.24, 2.45) is 17.8 Å². The molecule has 0 aromatic heterocycles. The minimum Gasteiger partial charge on any atom is -0.544 e. The maximum atomic E-state index is 11.0. The Kier molecular flexibility index (Phi) is 4.25. The second-order valence-corrected chi connectivity index (χ2v) is 8.29. The number of likely N-dealkylation sites (tertiary alicyclic amines) is 1. The number of carboxylic acids is 1. The quantitative estimate of drug-likeness (QED) is 0.700. The van der Waals surface area contributed by atoms with Gasteiger partial charge >= 0.3 is 0 Å². The molecule has 5 heteroatoms. The second-order valence-electron chi connectivity index (χ2n) is 8.29. The van der Waals surface area contributed by atoms with Crippen molar-refractivity contribution >= 4 is 5.97 Å². The van der Waals surface area contributed by atoms with Crippen LogP contribution in [0.4, 0.5) is 0 Å². The van der Waals surface area contributed by atoms with E-state index < -0.39 is 11.6 Å². The lowest BCUT2D eigenvalue weighted by atomic mass is 9.67. The van der Waals surface area contributed by atoms with Gasteiger partial charge in [0.2, 0.25) is 0 Å². The molecule has 0 radical (unpaired) electrons. The van der Waals surface area contributed by atoms with Gasteiger partial charge in [0.1, 0.15) is 6.54 Å². The van der Waals surface area contributed by atoms with E-state index in [4.69, 9.17) is 4.74 Å². The van der Waals surface area contributed by atoms with E-state index in [1.54, 1.807) is 0 Å². The Morgan fingerprint density at radius 1 is 1.32 bits per heavy atom. The number of aliphatic carboxylic acids is 1. The molecule has 2 aliphatic heterocycles. The fourth-order valence-corrected chi connectivity index (χ4v) is 5.00. The van der Waals surface area contributed by atoms with Crippen LogP contribution in [0.1, 0.15) is 46.5 Å². The molecule has 0 spiro atoms. The van der Waals surface area contributed by atoms with Crippen LogP contribution in [0.2, 0.25) is 0 Å². The summed E-state index contributed by atoms with van der Waals surface area (Å²) in [6, 6.07) is 0.377. The largest absolute Gasteiger partial charge is 0.544 e. The van der Waals surface area contributed by atoms with Gasteiger partial charge in [-0.25, -0.2) is 0 Å². The van der Waals surface area contributed by atoms with E-state index in [2.05, 4.69) is 6.92 Å². The van der Waals surface area contributed by atoms with Crippen LogP contribution in [0, 0.1) is 17.8 Å². The van der Waals surface area contributed by atoms with Crippen molar-refractivity contribution in [2.75, 3.05) is 13.1 Å². The molecule has 5 nitrogen and oxygen atoms in total. The molecular formula is C17H29NO4. The molecule has 0 amide bonds. The van der Waals surface area contributed by atoms with Crippen molar-refractivity contribution in [2.45, 2.75) is 70.3 Å². The van der Waals surface area contributed by atoms with Crippen LogP contribution >= 0.6 is 0 Å². The molecule has 3 fully saturated rings. The highest BCUT2D eigenvalue weighted by Gasteiger charge is 2.52. The summed E-state index contributed by atoms with van der Waals surface area (Å²) in [4.78, 5) is 12.1. The lowest BCUT2D eigenvalue weighted by Gasteiger charge is -2.46. The van der Waals surface area contributed by atoms with Crippen molar-refractivity contribution in [3.05, 3.63) is 0 Å². The molecule has 0 bridgehead atoms. The maximum Gasteiger partial charge on any atom is 0.118 e. The summed E-state index contributed by atoms with van der Waals surface area (Å²) < 4.78 is 6.26. The number of fused-ring (bicyclic) bond motifs is 3. The van der Waals surface area contributed by atoms with Crippen LogP contribution in [0.25, 0.3) is 0 Å². The molecule has 3 rings (SSSR count). The third kappa shape index (κ3) is 3.03. The Morgan fingerprint density at radius 3 is 2.64 bits per heavy atom. The van der Waals surface area contributed by atoms with Crippen LogP contribution in [-0.2, 0) is 9.53 Å². The van der Waals surface area contributed by atoms with Gasteiger partial charge in [0.15, 0.2) is 0 Å². The number of aliphatic hydroxyl groups is 1. The first-order valence-corrected chi connectivity index (χ1v) is 8.68. The minimum atomic E-state index is -0.964. The third-order valence-corrected chi connectivity index (χ3v) is 6.25. The fraction of sp³-hybridized carbons (Fsp3) is 0.941. The highest BCUT2D eigenvalue weighted by atomic mass is 16.5. The Balaban J connectivity index is 1.72. The lowest BCUT2D eigenvalue weighted by Crippen LogP contribution is -3.18.